The van der Waals surface area contributed by atoms with Crippen LogP contribution in [-0.2, 0) is 11.3 Å². The van der Waals surface area contributed by atoms with Crippen LogP contribution in [0.1, 0.15) is 11.1 Å². The minimum Gasteiger partial charge on any atom is -0.497 e. The second kappa shape index (κ2) is 8.34. The number of benzene rings is 1. The average Bonchev–Trinajstić information content (AvgIpc) is 2.64. The smallest absolute Gasteiger partial charge is 0.262 e. The fourth-order valence-corrected chi connectivity index (χ4v) is 2.02. The number of carbonyl (C=O) groups is 1. The van der Waals surface area contributed by atoms with Gasteiger partial charge in [0.2, 0.25) is 0 Å². The number of rotatable bonds is 6. The Morgan fingerprint density at radius 1 is 1.33 bits per heavy atom. The van der Waals surface area contributed by atoms with Crippen LogP contribution in [0, 0.1) is 11.3 Å². The molecule has 1 heterocycles. The van der Waals surface area contributed by atoms with E-state index >= 15 is 0 Å². The Morgan fingerprint density at radius 3 is 2.79 bits per heavy atom. The second-order valence-corrected chi connectivity index (χ2v) is 4.82. The molecular formula is C18H17N3O3. The van der Waals surface area contributed by atoms with E-state index in [2.05, 4.69) is 10.3 Å². The first-order valence-electron chi connectivity index (χ1n) is 7.19. The summed E-state index contributed by atoms with van der Waals surface area (Å²) < 4.78 is 10.4. The van der Waals surface area contributed by atoms with Crippen molar-refractivity contribution >= 4 is 12.0 Å². The SMILES string of the molecule is COc1ccc(/C=C(\C#N)C(=O)NCc2cccnc2)c(OC)c1. The molecule has 1 aromatic carbocycles. The van der Waals surface area contributed by atoms with Crippen LogP contribution in [0.5, 0.6) is 11.5 Å². The van der Waals surface area contributed by atoms with Gasteiger partial charge >= 0.3 is 0 Å². The van der Waals surface area contributed by atoms with E-state index in [-0.39, 0.29) is 5.57 Å². The molecule has 1 N–H and O–H groups in total. The minimum atomic E-state index is -0.459. The Hall–Kier alpha value is -3.33. The predicted molar refractivity (Wildman–Crippen MR) is 89.2 cm³/mol. The molecule has 2 aromatic rings. The zero-order valence-corrected chi connectivity index (χ0v) is 13.4. The van der Waals surface area contributed by atoms with E-state index < -0.39 is 5.91 Å². The topological polar surface area (TPSA) is 84.2 Å². The molecule has 6 nitrogen and oxygen atoms in total. The molecule has 0 radical (unpaired) electrons. The summed E-state index contributed by atoms with van der Waals surface area (Å²) in [4.78, 5) is 16.2. The molecule has 0 spiro atoms. The van der Waals surface area contributed by atoms with Gasteiger partial charge in [0, 0.05) is 30.6 Å². The molecule has 0 saturated heterocycles. The van der Waals surface area contributed by atoms with E-state index in [1.165, 1.54) is 13.2 Å². The molecular weight excluding hydrogens is 306 g/mol. The van der Waals surface area contributed by atoms with Crippen molar-refractivity contribution in [2.24, 2.45) is 0 Å². The second-order valence-electron chi connectivity index (χ2n) is 4.82. The van der Waals surface area contributed by atoms with Gasteiger partial charge in [-0.05, 0) is 29.8 Å². The van der Waals surface area contributed by atoms with Gasteiger partial charge in [-0.15, -0.1) is 0 Å². The zero-order valence-electron chi connectivity index (χ0n) is 13.4. The summed E-state index contributed by atoms with van der Waals surface area (Å²) in [7, 11) is 3.07. The number of hydrogen-bond donors (Lipinski definition) is 1. The fraction of sp³-hybridized carbons (Fsp3) is 0.167. The first-order valence-corrected chi connectivity index (χ1v) is 7.19. The van der Waals surface area contributed by atoms with Gasteiger partial charge in [0.25, 0.3) is 5.91 Å². The number of methoxy groups -OCH3 is 2. The molecule has 0 atom stereocenters. The van der Waals surface area contributed by atoms with Crippen molar-refractivity contribution < 1.29 is 14.3 Å². The molecule has 24 heavy (non-hydrogen) atoms. The lowest BCUT2D eigenvalue weighted by molar-refractivity contribution is -0.117. The molecule has 0 saturated carbocycles. The van der Waals surface area contributed by atoms with Gasteiger partial charge in [0.05, 0.1) is 14.2 Å². The number of nitrogens with one attached hydrogen (secondary N) is 1. The van der Waals surface area contributed by atoms with Crippen molar-refractivity contribution in [1.29, 1.82) is 5.26 Å². The van der Waals surface area contributed by atoms with Gasteiger partial charge in [-0.3, -0.25) is 9.78 Å². The Morgan fingerprint density at radius 2 is 2.17 bits per heavy atom. The van der Waals surface area contributed by atoms with Crippen molar-refractivity contribution in [3.63, 3.8) is 0 Å². The van der Waals surface area contributed by atoms with Gasteiger partial charge in [-0.2, -0.15) is 5.26 Å². The normalized spacial score (nSPS) is 10.6. The summed E-state index contributed by atoms with van der Waals surface area (Å²) in [6.07, 6.45) is 4.79. The summed E-state index contributed by atoms with van der Waals surface area (Å²) in [5.41, 5.74) is 1.46. The molecule has 0 aliphatic heterocycles. The highest BCUT2D eigenvalue weighted by atomic mass is 16.5. The van der Waals surface area contributed by atoms with Crippen molar-refractivity contribution in [1.82, 2.24) is 10.3 Å². The van der Waals surface area contributed by atoms with E-state index in [9.17, 15) is 10.1 Å². The van der Waals surface area contributed by atoms with Crippen LogP contribution < -0.4 is 14.8 Å². The number of nitriles is 1. The van der Waals surface area contributed by atoms with Crippen LogP contribution in [0.15, 0.2) is 48.3 Å². The van der Waals surface area contributed by atoms with Crippen molar-refractivity contribution in [2.45, 2.75) is 6.54 Å². The van der Waals surface area contributed by atoms with Crippen molar-refractivity contribution in [3.05, 3.63) is 59.4 Å². The zero-order chi connectivity index (χ0) is 17.4. The van der Waals surface area contributed by atoms with E-state index in [1.807, 2.05) is 12.1 Å². The van der Waals surface area contributed by atoms with Crippen molar-refractivity contribution in [2.75, 3.05) is 14.2 Å². The maximum absolute atomic E-state index is 12.2. The summed E-state index contributed by atoms with van der Waals surface area (Å²) in [6.45, 7) is 0.297. The van der Waals surface area contributed by atoms with E-state index in [0.29, 0.717) is 23.6 Å². The number of hydrogen-bond acceptors (Lipinski definition) is 5. The van der Waals surface area contributed by atoms with Gasteiger partial charge in [0.15, 0.2) is 0 Å². The van der Waals surface area contributed by atoms with Crippen LogP contribution in [-0.4, -0.2) is 25.1 Å². The highest BCUT2D eigenvalue weighted by Crippen LogP contribution is 2.26. The molecule has 1 aromatic heterocycles. The number of ether oxygens (including phenoxy) is 2. The van der Waals surface area contributed by atoms with Crippen LogP contribution in [0.2, 0.25) is 0 Å². The van der Waals surface area contributed by atoms with E-state index in [0.717, 1.165) is 5.56 Å². The van der Waals surface area contributed by atoms with Gasteiger partial charge in [0.1, 0.15) is 23.1 Å². The van der Waals surface area contributed by atoms with E-state index in [4.69, 9.17) is 9.47 Å². The van der Waals surface area contributed by atoms with Crippen LogP contribution >= 0.6 is 0 Å². The number of nitrogens with zero attached hydrogens (tertiary/aromatic N) is 2. The number of aromatic nitrogens is 1. The summed E-state index contributed by atoms with van der Waals surface area (Å²) in [5, 5.41) is 12.0. The molecule has 6 heteroatoms. The highest BCUT2D eigenvalue weighted by molar-refractivity contribution is 6.01. The Kier molecular flexibility index (Phi) is 5.92. The lowest BCUT2D eigenvalue weighted by Crippen LogP contribution is -2.24. The van der Waals surface area contributed by atoms with Gasteiger partial charge < -0.3 is 14.8 Å². The molecule has 2 rings (SSSR count). The van der Waals surface area contributed by atoms with Crippen LogP contribution in [0.25, 0.3) is 6.08 Å². The van der Waals surface area contributed by atoms with E-state index in [1.54, 1.807) is 43.8 Å². The monoisotopic (exact) mass is 323 g/mol. The molecule has 0 unspecified atom stereocenters. The van der Waals surface area contributed by atoms with Crippen LogP contribution in [0.3, 0.4) is 0 Å². The summed E-state index contributed by atoms with van der Waals surface area (Å²) in [6, 6.07) is 10.7. The molecule has 0 bridgehead atoms. The molecule has 0 aliphatic rings. The standard InChI is InChI=1S/C18H17N3O3/c1-23-16-6-5-14(17(9-16)24-2)8-15(10-19)18(22)21-12-13-4-3-7-20-11-13/h3-9,11H,12H2,1-2H3,(H,21,22)/b15-8+. The quantitative estimate of drug-likeness (QED) is 0.651. The summed E-state index contributed by atoms with van der Waals surface area (Å²) >= 11 is 0. The minimum absolute atomic E-state index is 0.0117. The lowest BCUT2D eigenvalue weighted by atomic mass is 10.1. The third-order valence-corrected chi connectivity index (χ3v) is 3.28. The number of carbonyl (C=O) groups excluding carboxylic acids is 1. The number of pyridine rings is 1. The third kappa shape index (κ3) is 4.34. The first-order chi connectivity index (χ1) is 11.7. The highest BCUT2D eigenvalue weighted by Gasteiger charge is 2.11. The molecule has 122 valence electrons. The summed E-state index contributed by atoms with van der Waals surface area (Å²) in [5.74, 6) is 0.685. The molecule has 0 aliphatic carbocycles. The lowest BCUT2D eigenvalue weighted by Gasteiger charge is -2.08. The fourth-order valence-electron chi connectivity index (χ4n) is 2.02. The molecule has 1 amide bonds. The van der Waals surface area contributed by atoms with Crippen molar-refractivity contribution in [3.8, 4) is 17.6 Å². The largest absolute Gasteiger partial charge is 0.497 e. The first kappa shape index (κ1) is 17.0. The Bertz CT molecular complexity index is 780. The van der Waals surface area contributed by atoms with Crippen LogP contribution in [0.4, 0.5) is 0 Å². The average molecular weight is 323 g/mol. The maximum atomic E-state index is 12.2. The van der Waals surface area contributed by atoms with Gasteiger partial charge in [-0.1, -0.05) is 6.07 Å². The molecule has 0 fully saturated rings. The Balaban J connectivity index is 2.16. The Labute approximate surface area is 140 Å². The maximum Gasteiger partial charge on any atom is 0.262 e. The predicted octanol–water partition coefficient (Wildman–Crippen LogP) is 2.32. The van der Waals surface area contributed by atoms with Gasteiger partial charge in [-0.25, -0.2) is 0 Å². The third-order valence-electron chi connectivity index (χ3n) is 3.28. The number of amides is 1.